The summed E-state index contributed by atoms with van der Waals surface area (Å²) in [4.78, 5) is 10.1. The number of anilines is 2. The van der Waals surface area contributed by atoms with E-state index in [-0.39, 0.29) is 11.8 Å². The molecule has 10 heteroatoms. The van der Waals surface area contributed by atoms with Gasteiger partial charge in [-0.3, -0.25) is 0 Å². The van der Waals surface area contributed by atoms with E-state index in [1.54, 1.807) is 6.21 Å². The molecule has 1 aliphatic rings. The Kier molecular flexibility index (Phi) is 8.49. The summed E-state index contributed by atoms with van der Waals surface area (Å²) in [6.45, 7) is 5.06. The van der Waals surface area contributed by atoms with E-state index in [2.05, 4.69) is 67.4 Å². The van der Waals surface area contributed by atoms with E-state index in [0.29, 0.717) is 51.0 Å². The van der Waals surface area contributed by atoms with Gasteiger partial charge in [-0.15, -0.1) is 0 Å². The topological polar surface area (TPSA) is 81.1 Å². The van der Waals surface area contributed by atoms with Gasteiger partial charge in [-0.2, -0.15) is 10.1 Å². The monoisotopic (exact) mass is 627 g/mol. The minimum Gasteiger partial charge on any atom is -0.490 e. The highest BCUT2D eigenvalue weighted by Crippen LogP contribution is 2.35. The lowest BCUT2D eigenvalue weighted by Crippen LogP contribution is -2.37. The zero-order valence-corrected chi connectivity index (χ0v) is 23.0. The maximum Gasteiger partial charge on any atom is 0.245 e. The van der Waals surface area contributed by atoms with E-state index >= 15 is 0 Å². The predicted molar refractivity (Wildman–Crippen MR) is 155 cm³/mol. The van der Waals surface area contributed by atoms with E-state index in [1.807, 2.05) is 42.2 Å². The first-order chi connectivity index (χ1) is 18.6. The van der Waals surface area contributed by atoms with Crippen LogP contribution in [-0.2, 0) is 11.3 Å². The molecule has 0 aliphatic carbocycles. The summed E-state index contributed by atoms with van der Waals surface area (Å²) in [5, 5.41) is 6.60. The molecular formula is C28H27FIN5O3. The molecule has 0 unspecified atom stereocenters. The normalized spacial score (nSPS) is 13.7. The molecule has 0 atom stereocenters. The van der Waals surface area contributed by atoms with Crippen molar-refractivity contribution < 1.29 is 18.6 Å². The average Bonchev–Trinajstić information content (AvgIpc) is 2.94. The third kappa shape index (κ3) is 6.13. The first-order valence-electron chi connectivity index (χ1n) is 12.3. The minimum absolute atomic E-state index is 0.207. The summed E-state index contributed by atoms with van der Waals surface area (Å²) in [7, 11) is 0. The Morgan fingerprint density at radius 2 is 1.95 bits per heavy atom. The van der Waals surface area contributed by atoms with Crippen LogP contribution in [0.2, 0.25) is 0 Å². The highest BCUT2D eigenvalue weighted by atomic mass is 127. The lowest BCUT2D eigenvalue weighted by atomic mass is 10.1. The summed E-state index contributed by atoms with van der Waals surface area (Å²) < 4.78 is 32.7. The number of nitrogens with zero attached hydrogens (tertiary/aromatic N) is 4. The number of hydrazone groups is 1. The predicted octanol–water partition coefficient (Wildman–Crippen LogP) is 5.63. The second-order valence-electron chi connectivity index (χ2n) is 8.52. The van der Waals surface area contributed by atoms with Gasteiger partial charge in [0, 0.05) is 13.1 Å². The van der Waals surface area contributed by atoms with Crippen LogP contribution in [0.1, 0.15) is 18.1 Å². The standard InChI is InChI=1S/C28H27FIN5O3/c1-2-37-25-15-19(16-32-34-28-31-17-23(29)27(33-28)35-10-12-36-13-11-35)14-24(30)26(25)38-18-21-8-5-7-20-6-3-4-9-22(20)21/h3-9,14-17H,2,10-13,18H2,1H3,(H,31,33,34)/b32-16-. The molecule has 2 heterocycles. The van der Waals surface area contributed by atoms with Gasteiger partial charge < -0.3 is 19.1 Å². The maximum absolute atomic E-state index is 14.3. The van der Waals surface area contributed by atoms with Crippen molar-refractivity contribution in [1.29, 1.82) is 0 Å². The quantitative estimate of drug-likeness (QED) is 0.146. The molecule has 0 spiro atoms. The number of ether oxygens (including phenoxy) is 3. The van der Waals surface area contributed by atoms with Crippen molar-refractivity contribution in [2.75, 3.05) is 43.2 Å². The fourth-order valence-corrected chi connectivity index (χ4v) is 4.99. The van der Waals surface area contributed by atoms with Crippen LogP contribution in [-0.4, -0.2) is 49.1 Å². The zero-order valence-electron chi connectivity index (χ0n) is 20.9. The number of benzene rings is 3. The second-order valence-corrected chi connectivity index (χ2v) is 9.69. The van der Waals surface area contributed by atoms with Gasteiger partial charge in [-0.25, -0.2) is 14.8 Å². The van der Waals surface area contributed by atoms with Crippen LogP contribution in [0, 0.1) is 9.39 Å². The van der Waals surface area contributed by atoms with Gasteiger partial charge in [0.1, 0.15) is 6.61 Å². The SMILES string of the molecule is CCOc1cc(/C=N\Nc2ncc(F)c(N3CCOCC3)n2)cc(I)c1OCc1cccc2ccccc12. The second kappa shape index (κ2) is 12.4. The van der Waals surface area contributed by atoms with Gasteiger partial charge >= 0.3 is 0 Å². The fourth-order valence-electron chi connectivity index (χ4n) is 4.21. The van der Waals surface area contributed by atoms with Gasteiger partial charge in [0.2, 0.25) is 5.95 Å². The van der Waals surface area contributed by atoms with E-state index in [4.69, 9.17) is 14.2 Å². The maximum atomic E-state index is 14.3. The van der Waals surface area contributed by atoms with Crippen LogP contribution in [0.15, 0.2) is 65.9 Å². The summed E-state index contributed by atoms with van der Waals surface area (Å²) in [6, 6.07) is 18.3. The molecule has 1 aromatic heterocycles. The van der Waals surface area contributed by atoms with Crippen molar-refractivity contribution in [2.24, 2.45) is 5.10 Å². The molecule has 1 N–H and O–H groups in total. The number of nitrogens with one attached hydrogen (secondary N) is 1. The van der Waals surface area contributed by atoms with Gasteiger partial charge in [0.15, 0.2) is 23.1 Å². The summed E-state index contributed by atoms with van der Waals surface area (Å²) in [5.41, 5.74) is 4.70. The Morgan fingerprint density at radius 1 is 1.13 bits per heavy atom. The van der Waals surface area contributed by atoms with Crippen LogP contribution in [0.3, 0.4) is 0 Å². The lowest BCUT2D eigenvalue weighted by Gasteiger charge is -2.27. The minimum atomic E-state index is -0.476. The molecule has 4 aromatic rings. The molecule has 8 nitrogen and oxygen atoms in total. The molecule has 0 amide bonds. The van der Waals surface area contributed by atoms with Crippen LogP contribution >= 0.6 is 22.6 Å². The molecule has 1 saturated heterocycles. The molecule has 196 valence electrons. The molecular weight excluding hydrogens is 600 g/mol. The Morgan fingerprint density at radius 3 is 2.79 bits per heavy atom. The number of morpholine rings is 1. The molecule has 5 rings (SSSR count). The summed E-state index contributed by atoms with van der Waals surface area (Å²) in [5.74, 6) is 1.29. The molecule has 0 bridgehead atoms. The average molecular weight is 627 g/mol. The molecule has 38 heavy (non-hydrogen) atoms. The third-order valence-electron chi connectivity index (χ3n) is 6.00. The molecule has 0 radical (unpaired) electrons. The molecule has 1 fully saturated rings. The van der Waals surface area contributed by atoms with Crippen LogP contribution < -0.4 is 19.8 Å². The fraction of sp³-hybridized carbons (Fsp3) is 0.250. The van der Waals surface area contributed by atoms with Gasteiger partial charge in [0.05, 0.1) is 35.8 Å². The largest absolute Gasteiger partial charge is 0.490 e. The first kappa shape index (κ1) is 26.1. The van der Waals surface area contributed by atoms with E-state index in [9.17, 15) is 4.39 Å². The number of halogens is 2. The number of hydrogen-bond acceptors (Lipinski definition) is 8. The van der Waals surface area contributed by atoms with Gasteiger partial charge in [-0.05, 0) is 63.5 Å². The number of aromatic nitrogens is 2. The van der Waals surface area contributed by atoms with E-state index in [1.165, 1.54) is 5.39 Å². The Bertz CT molecular complexity index is 1440. The number of rotatable bonds is 9. The lowest BCUT2D eigenvalue weighted by molar-refractivity contribution is 0.122. The van der Waals surface area contributed by atoms with E-state index in [0.717, 1.165) is 26.3 Å². The first-order valence-corrected chi connectivity index (χ1v) is 13.4. The Labute approximate surface area is 234 Å². The smallest absolute Gasteiger partial charge is 0.245 e. The van der Waals surface area contributed by atoms with Crippen molar-refractivity contribution in [3.8, 4) is 11.5 Å². The van der Waals surface area contributed by atoms with Gasteiger partial charge in [0.25, 0.3) is 0 Å². The molecule has 3 aromatic carbocycles. The summed E-state index contributed by atoms with van der Waals surface area (Å²) in [6.07, 6.45) is 2.79. The van der Waals surface area contributed by atoms with Crippen LogP contribution in [0.4, 0.5) is 16.2 Å². The number of hydrogen-bond donors (Lipinski definition) is 1. The molecule has 0 saturated carbocycles. The van der Waals surface area contributed by atoms with Gasteiger partial charge in [-0.1, -0.05) is 42.5 Å². The number of fused-ring (bicyclic) bond motifs is 1. The third-order valence-corrected chi connectivity index (χ3v) is 6.80. The van der Waals surface area contributed by atoms with Crippen molar-refractivity contribution in [3.05, 3.63) is 81.3 Å². The van der Waals surface area contributed by atoms with Crippen molar-refractivity contribution in [1.82, 2.24) is 9.97 Å². The van der Waals surface area contributed by atoms with E-state index < -0.39 is 5.82 Å². The Balaban J connectivity index is 1.31. The summed E-state index contributed by atoms with van der Waals surface area (Å²) >= 11 is 2.24. The Hall–Kier alpha value is -3.51. The van der Waals surface area contributed by atoms with Crippen molar-refractivity contribution in [3.63, 3.8) is 0 Å². The van der Waals surface area contributed by atoms with Crippen molar-refractivity contribution >= 4 is 51.3 Å². The highest BCUT2D eigenvalue weighted by molar-refractivity contribution is 14.1. The van der Waals surface area contributed by atoms with Crippen LogP contribution in [0.5, 0.6) is 11.5 Å². The molecule has 1 aliphatic heterocycles. The van der Waals surface area contributed by atoms with Crippen molar-refractivity contribution in [2.45, 2.75) is 13.5 Å². The highest BCUT2D eigenvalue weighted by Gasteiger charge is 2.18. The van der Waals surface area contributed by atoms with Crippen LogP contribution in [0.25, 0.3) is 10.8 Å². The zero-order chi connectivity index (χ0) is 26.3.